The number of Topliss-reactive ketones (excluding diaryl/α,β-unsaturated/α-hetero) is 1. The monoisotopic (exact) mass is 654 g/mol. The smallest absolute Gasteiger partial charge is 0.253 e. The average molecular weight is 656 g/mol. The van der Waals surface area contributed by atoms with E-state index in [-0.39, 0.29) is 23.0 Å². The molecule has 0 aliphatic carbocycles. The Balaban J connectivity index is 1.04. The molecule has 0 N–H and O–H groups in total. The van der Waals surface area contributed by atoms with Crippen molar-refractivity contribution in [1.82, 2.24) is 19.4 Å². The number of hydrogen-bond donors (Lipinski definition) is 0. The van der Waals surface area contributed by atoms with Crippen LogP contribution in [0.25, 0.3) is 11.0 Å². The van der Waals surface area contributed by atoms with Crippen molar-refractivity contribution in [2.75, 3.05) is 32.7 Å². The summed E-state index contributed by atoms with van der Waals surface area (Å²) in [4.78, 5) is 36.5. The fourth-order valence-electron chi connectivity index (χ4n) is 7.17. The van der Waals surface area contributed by atoms with E-state index >= 15 is 0 Å². The van der Waals surface area contributed by atoms with Crippen molar-refractivity contribution >= 4 is 45.9 Å². The van der Waals surface area contributed by atoms with Gasteiger partial charge in [0.2, 0.25) is 5.78 Å². The van der Waals surface area contributed by atoms with Crippen LogP contribution in [0.3, 0.4) is 0 Å². The second-order valence-corrected chi connectivity index (χ2v) is 13.4. The van der Waals surface area contributed by atoms with Crippen LogP contribution < -0.4 is 0 Å². The summed E-state index contributed by atoms with van der Waals surface area (Å²) in [5.74, 6) is 1.36. The molecule has 9 heteroatoms. The highest BCUT2D eigenvalue weighted by atomic mass is 35.5. The van der Waals surface area contributed by atoms with Gasteiger partial charge in [-0.2, -0.15) is 0 Å². The number of likely N-dealkylation sites (tertiary alicyclic amines) is 2. The van der Waals surface area contributed by atoms with Gasteiger partial charge in [-0.1, -0.05) is 59.6 Å². The summed E-state index contributed by atoms with van der Waals surface area (Å²) >= 11 is 12.8. The predicted molar refractivity (Wildman–Crippen MR) is 181 cm³/mol. The van der Waals surface area contributed by atoms with Gasteiger partial charge in [0.05, 0.1) is 33.9 Å². The van der Waals surface area contributed by atoms with Crippen LogP contribution in [0.15, 0.2) is 95.6 Å². The van der Waals surface area contributed by atoms with E-state index in [4.69, 9.17) is 32.6 Å². The lowest BCUT2D eigenvalue weighted by Gasteiger charge is -2.36. The number of carbonyl (C=O) groups excluding carboxylic acids is 2. The van der Waals surface area contributed by atoms with E-state index in [2.05, 4.69) is 11.0 Å². The molecule has 1 atom stereocenters. The zero-order valence-electron chi connectivity index (χ0n) is 25.6. The number of piperidine rings is 1. The molecular formula is C37H36Cl2N4O3. The molecule has 0 bridgehead atoms. The van der Waals surface area contributed by atoms with E-state index in [0.29, 0.717) is 41.1 Å². The number of hydrogen-bond acceptors (Lipinski definition) is 5. The molecule has 236 valence electrons. The third kappa shape index (κ3) is 6.11. The molecule has 2 saturated heterocycles. The number of halogens is 2. The van der Waals surface area contributed by atoms with Crippen molar-refractivity contribution in [3.63, 3.8) is 0 Å². The van der Waals surface area contributed by atoms with Gasteiger partial charge in [0.1, 0.15) is 5.76 Å². The van der Waals surface area contributed by atoms with Crippen molar-refractivity contribution in [2.45, 2.75) is 37.6 Å². The van der Waals surface area contributed by atoms with Crippen LogP contribution >= 0.6 is 23.2 Å². The maximum Gasteiger partial charge on any atom is 0.253 e. The van der Waals surface area contributed by atoms with Crippen LogP contribution in [0.4, 0.5) is 0 Å². The minimum Gasteiger partial charge on any atom is -0.467 e. The Morgan fingerprint density at radius 3 is 2.43 bits per heavy atom. The van der Waals surface area contributed by atoms with Gasteiger partial charge in [0, 0.05) is 30.0 Å². The number of ketones is 1. The van der Waals surface area contributed by atoms with E-state index in [1.807, 2.05) is 88.3 Å². The molecule has 7 rings (SSSR count). The number of imidazole rings is 1. The van der Waals surface area contributed by atoms with Crippen molar-refractivity contribution in [3.05, 3.63) is 124 Å². The number of para-hydroxylation sites is 2. The molecule has 1 amide bonds. The van der Waals surface area contributed by atoms with Crippen LogP contribution in [0.1, 0.15) is 58.0 Å². The first-order chi connectivity index (χ1) is 22.4. The highest BCUT2D eigenvalue weighted by Gasteiger charge is 2.42. The van der Waals surface area contributed by atoms with Crippen molar-refractivity contribution < 1.29 is 14.0 Å². The largest absolute Gasteiger partial charge is 0.467 e. The highest BCUT2D eigenvalue weighted by Crippen LogP contribution is 2.41. The number of benzene rings is 3. The van der Waals surface area contributed by atoms with Crippen LogP contribution in [0.2, 0.25) is 10.0 Å². The summed E-state index contributed by atoms with van der Waals surface area (Å²) in [5, 5.41) is 1.06. The number of carbonyl (C=O) groups is 2. The highest BCUT2D eigenvalue weighted by molar-refractivity contribution is 6.42. The molecule has 0 radical (unpaired) electrons. The number of rotatable bonds is 9. The summed E-state index contributed by atoms with van der Waals surface area (Å²) < 4.78 is 7.60. The number of amides is 1. The SMILES string of the molecule is O=C(c1nc2ccccc2n1Cc1ccco1)C1CCN(CCC2(c3ccc(Cl)c(Cl)c3)CCN(C(=O)c3ccccc3)C2)CC1. The molecule has 3 aromatic carbocycles. The molecule has 46 heavy (non-hydrogen) atoms. The van der Waals surface area contributed by atoms with Crippen LogP contribution in [0, 0.1) is 5.92 Å². The molecule has 5 aromatic rings. The first-order valence-electron chi connectivity index (χ1n) is 15.9. The Bertz CT molecular complexity index is 1850. The van der Waals surface area contributed by atoms with Crippen molar-refractivity contribution in [2.24, 2.45) is 5.92 Å². The summed E-state index contributed by atoms with van der Waals surface area (Å²) in [6.07, 6.45) is 4.94. The third-order valence-corrected chi connectivity index (χ3v) is 10.6. The van der Waals surface area contributed by atoms with E-state index in [9.17, 15) is 9.59 Å². The number of fused-ring (bicyclic) bond motifs is 1. The minimum atomic E-state index is -0.234. The van der Waals surface area contributed by atoms with Crippen LogP contribution in [-0.2, 0) is 12.0 Å². The molecular weight excluding hydrogens is 619 g/mol. The van der Waals surface area contributed by atoms with Gasteiger partial charge < -0.3 is 18.8 Å². The quantitative estimate of drug-likeness (QED) is 0.152. The van der Waals surface area contributed by atoms with Gasteiger partial charge in [0.25, 0.3) is 5.91 Å². The van der Waals surface area contributed by atoms with Crippen molar-refractivity contribution in [1.29, 1.82) is 0 Å². The summed E-state index contributed by atoms with van der Waals surface area (Å²) in [6, 6.07) is 27.0. The van der Waals surface area contributed by atoms with E-state index in [0.717, 1.165) is 67.7 Å². The summed E-state index contributed by atoms with van der Waals surface area (Å²) in [7, 11) is 0. The first-order valence-corrected chi connectivity index (χ1v) is 16.7. The lowest BCUT2D eigenvalue weighted by molar-refractivity contribution is 0.0778. The second kappa shape index (κ2) is 13.1. The Kier molecular flexibility index (Phi) is 8.73. The maximum absolute atomic E-state index is 13.9. The summed E-state index contributed by atoms with van der Waals surface area (Å²) in [5.41, 5.74) is 3.34. The molecule has 7 nitrogen and oxygen atoms in total. The normalized spacial score (nSPS) is 19.2. The fraction of sp³-hybridized carbons (Fsp3) is 0.324. The van der Waals surface area contributed by atoms with Crippen LogP contribution in [-0.4, -0.2) is 63.8 Å². The van der Waals surface area contributed by atoms with Crippen LogP contribution in [0.5, 0.6) is 0 Å². The van der Waals surface area contributed by atoms with Gasteiger partial charge >= 0.3 is 0 Å². The minimum absolute atomic E-state index is 0.0555. The zero-order chi connectivity index (χ0) is 31.7. The fourth-order valence-corrected chi connectivity index (χ4v) is 7.47. The molecule has 2 aliphatic rings. The average Bonchev–Trinajstić information content (AvgIpc) is 3.86. The standard InChI is InChI=1S/C37H36Cl2N4O3/c38-30-13-12-28(23-31(30)39)37(17-21-42(25-37)36(45)27-7-2-1-3-8-27)16-20-41-18-14-26(15-19-41)34(44)35-40-32-10-4-5-11-33(32)43(35)24-29-9-6-22-46-29/h1-13,22-23,26H,14-21,24-25H2. The Hall–Kier alpha value is -3.91. The van der Waals surface area contributed by atoms with E-state index < -0.39 is 0 Å². The molecule has 2 aliphatic heterocycles. The van der Waals surface area contributed by atoms with Gasteiger partial charge in [-0.05, 0) is 99.4 Å². The summed E-state index contributed by atoms with van der Waals surface area (Å²) in [6.45, 7) is 4.31. The van der Waals surface area contributed by atoms with Gasteiger partial charge in [0.15, 0.2) is 5.82 Å². The molecule has 2 aromatic heterocycles. The number of aromatic nitrogens is 2. The Morgan fingerprint density at radius 2 is 1.67 bits per heavy atom. The maximum atomic E-state index is 13.9. The number of nitrogens with zero attached hydrogens (tertiary/aromatic N) is 4. The molecule has 2 fully saturated rings. The molecule has 0 saturated carbocycles. The Labute approximate surface area is 278 Å². The second-order valence-electron chi connectivity index (χ2n) is 12.6. The molecule has 0 spiro atoms. The van der Waals surface area contributed by atoms with E-state index in [1.54, 1.807) is 6.26 Å². The van der Waals surface area contributed by atoms with E-state index in [1.165, 1.54) is 0 Å². The topological polar surface area (TPSA) is 71.6 Å². The molecule has 1 unspecified atom stereocenters. The van der Waals surface area contributed by atoms with Gasteiger partial charge in [-0.15, -0.1) is 0 Å². The first kappa shape index (κ1) is 30.7. The lowest BCUT2D eigenvalue weighted by Crippen LogP contribution is -2.41. The van der Waals surface area contributed by atoms with Gasteiger partial charge in [-0.3, -0.25) is 9.59 Å². The zero-order valence-corrected chi connectivity index (χ0v) is 27.1. The molecule has 4 heterocycles. The third-order valence-electron chi connectivity index (χ3n) is 9.83. The number of furan rings is 1. The predicted octanol–water partition coefficient (Wildman–Crippen LogP) is 7.75. The van der Waals surface area contributed by atoms with Gasteiger partial charge in [-0.25, -0.2) is 4.98 Å². The lowest BCUT2D eigenvalue weighted by atomic mass is 9.76. The Morgan fingerprint density at radius 1 is 0.891 bits per heavy atom. The van der Waals surface area contributed by atoms with Crippen molar-refractivity contribution in [3.8, 4) is 0 Å².